The Balaban J connectivity index is 2.71. The van der Waals surface area contributed by atoms with Gasteiger partial charge in [0.15, 0.2) is 0 Å². The molecule has 0 aromatic heterocycles. The van der Waals surface area contributed by atoms with Crippen LogP contribution in [0.25, 0.3) is 0 Å². The second-order valence-corrected chi connectivity index (χ2v) is 4.57. The molecule has 3 N–H and O–H groups in total. The molecular formula is C10H19NO2. The van der Waals surface area contributed by atoms with Crippen molar-refractivity contribution in [1.82, 2.24) is 0 Å². The van der Waals surface area contributed by atoms with E-state index in [4.69, 9.17) is 10.8 Å². The van der Waals surface area contributed by atoms with Crippen molar-refractivity contribution in [2.75, 3.05) is 0 Å². The first-order chi connectivity index (χ1) is 5.96. The number of hydrogen-bond acceptors (Lipinski definition) is 2. The van der Waals surface area contributed by atoms with Crippen LogP contribution in [0.4, 0.5) is 0 Å². The van der Waals surface area contributed by atoms with Gasteiger partial charge in [-0.2, -0.15) is 0 Å². The second-order valence-electron chi connectivity index (χ2n) is 4.57. The quantitative estimate of drug-likeness (QED) is 0.702. The van der Waals surface area contributed by atoms with E-state index < -0.39 is 5.97 Å². The molecule has 1 aliphatic rings. The summed E-state index contributed by atoms with van der Waals surface area (Å²) in [6.45, 7) is 4.10. The molecular weight excluding hydrogens is 166 g/mol. The molecule has 1 fully saturated rings. The van der Waals surface area contributed by atoms with Gasteiger partial charge in [0, 0.05) is 6.04 Å². The topological polar surface area (TPSA) is 63.3 Å². The van der Waals surface area contributed by atoms with Gasteiger partial charge in [-0.3, -0.25) is 4.79 Å². The fourth-order valence-corrected chi connectivity index (χ4v) is 2.47. The van der Waals surface area contributed by atoms with E-state index in [1.165, 1.54) is 0 Å². The summed E-state index contributed by atoms with van der Waals surface area (Å²) in [5, 5.41) is 8.82. The van der Waals surface area contributed by atoms with Gasteiger partial charge in [0.2, 0.25) is 0 Å². The summed E-state index contributed by atoms with van der Waals surface area (Å²) < 4.78 is 0. The maximum atomic E-state index is 10.7. The van der Waals surface area contributed by atoms with Gasteiger partial charge in [-0.1, -0.05) is 13.3 Å². The van der Waals surface area contributed by atoms with Crippen LogP contribution >= 0.6 is 0 Å². The first-order valence-corrected chi connectivity index (χ1v) is 4.94. The summed E-state index contributed by atoms with van der Waals surface area (Å²) in [7, 11) is 0. The highest BCUT2D eigenvalue weighted by atomic mass is 16.4. The number of carboxylic acid groups (broad SMARTS) is 1. The van der Waals surface area contributed by atoms with Crippen molar-refractivity contribution in [3.8, 4) is 0 Å². The van der Waals surface area contributed by atoms with Gasteiger partial charge in [-0.15, -0.1) is 0 Å². The highest BCUT2D eigenvalue weighted by Crippen LogP contribution is 2.46. The fourth-order valence-electron chi connectivity index (χ4n) is 2.47. The first kappa shape index (κ1) is 10.5. The zero-order chi connectivity index (χ0) is 10.1. The molecule has 0 aliphatic heterocycles. The summed E-state index contributed by atoms with van der Waals surface area (Å²) in [5.74, 6) is -0.0863. The Morgan fingerprint density at radius 2 is 2.38 bits per heavy atom. The van der Waals surface area contributed by atoms with Crippen molar-refractivity contribution < 1.29 is 9.90 Å². The number of hydrogen-bond donors (Lipinski definition) is 2. The molecule has 1 rings (SSSR count). The van der Waals surface area contributed by atoms with Crippen LogP contribution in [0.2, 0.25) is 0 Å². The Hall–Kier alpha value is -0.570. The minimum atomic E-state index is -0.716. The smallest absolute Gasteiger partial charge is 0.303 e. The standard InChI is InChI=1S/C10H19NO2/c1-7-3-4-10(5-7,8(2)11)6-9(12)13/h7-8H,3-6,11H2,1-2H3,(H,12,13). The van der Waals surface area contributed by atoms with E-state index >= 15 is 0 Å². The zero-order valence-corrected chi connectivity index (χ0v) is 8.42. The summed E-state index contributed by atoms with van der Waals surface area (Å²) in [5.41, 5.74) is 5.75. The van der Waals surface area contributed by atoms with Gasteiger partial charge in [-0.25, -0.2) is 0 Å². The Morgan fingerprint density at radius 1 is 1.77 bits per heavy atom. The molecule has 13 heavy (non-hydrogen) atoms. The van der Waals surface area contributed by atoms with E-state index in [0.29, 0.717) is 5.92 Å². The van der Waals surface area contributed by atoms with Crippen LogP contribution in [0.15, 0.2) is 0 Å². The van der Waals surface area contributed by atoms with Crippen LogP contribution in [0, 0.1) is 11.3 Å². The monoisotopic (exact) mass is 185 g/mol. The van der Waals surface area contributed by atoms with Crippen molar-refractivity contribution in [1.29, 1.82) is 0 Å². The Kier molecular flexibility index (Phi) is 2.96. The van der Waals surface area contributed by atoms with E-state index in [1.54, 1.807) is 0 Å². The van der Waals surface area contributed by atoms with Crippen molar-refractivity contribution in [2.24, 2.45) is 17.1 Å². The SMILES string of the molecule is CC1CCC(CC(=O)O)(C(C)N)C1. The van der Waals surface area contributed by atoms with Crippen LogP contribution in [0.5, 0.6) is 0 Å². The van der Waals surface area contributed by atoms with Crippen molar-refractivity contribution in [2.45, 2.75) is 45.6 Å². The third-order valence-electron chi connectivity index (χ3n) is 3.36. The van der Waals surface area contributed by atoms with E-state index in [0.717, 1.165) is 19.3 Å². The van der Waals surface area contributed by atoms with Crippen molar-refractivity contribution >= 4 is 5.97 Å². The molecule has 3 unspecified atom stereocenters. The average Bonchev–Trinajstić information content (AvgIpc) is 2.31. The van der Waals surface area contributed by atoms with E-state index in [9.17, 15) is 4.79 Å². The molecule has 0 aromatic rings. The number of rotatable bonds is 3. The Bertz CT molecular complexity index is 203. The molecule has 1 saturated carbocycles. The van der Waals surface area contributed by atoms with Gasteiger partial charge < -0.3 is 10.8 Å². The molecule has 76 valence electrons. The van der Waals surface area contributed by atoms with Crippen LogP contribution < -0.4 is 5.73 Å². The normalized spacial score (nSPS) is 36.1. The Morgan fingerprint density at radius 3 is 2.69 bits per heavy atom. The lowest BCUT2D eigenvalue weighted by molar-refractivity contribution is -0.140. The summed E-state index contributed by atoms with van der Waals surface area (Å²) in [4.78, 5) is 10.7. The summed E-state index contributed by atoms with van der Waals surface area (Å²) in [6, 6.07) is -0.00597. The number of nitrogens with two attached hydrogens (primary N) is 1. The van der Waals surface area contributed by atoms with Crippen LogP contribution in [0.3, 0.4) is 0 Å². The highest BCUT2D eigenvalue weighted by Gasteiger charge is 2.41. The Labute approximate surface area is 79.3 Å². The number of carboxylic acids is 1. The maximum Gasteiger partial charge on any atom is 0.303 e. The number of aliphatic carboxylic acids is 1. The predicted molar refractivity (Wildman–Crippen MR) is 51.4 cm³/mol. The molecule has 3 nitrogen and oxygen atoms in total. The third kappa shape index (κ3) is 2.21. The second kappa shape index (κ2) is 3.66. The van der Waals surface area contributed by atoms with E-state index in [-0.39, 0.29) is 17.9 Å². The molecule has 3 heteroatoms. The molecule has 0 aromatic carbocycles. The highest BCUT2D eigenvalue weighted by molar-refractivity contribution is 5.68. The van der Waals surface area contributed by atoms with E-state index in [2.05, 4.69) is 6.92 Å². The largest absolute Gasteiger partial charge is 0.481 e. The van der Waals surface area contributed by atoms with Gasteiger partial charge in [0.1, 0.15) is 0 Å². The zero-order valence-electron chi connectivity index (χ0n) is 8.42. The van der Waals surface area contributed by atoms with Crippen molar-refractivity contribution in [3.05, 3.63) is 0 Å². The average molecular weight is 185 g/mol. The van der Waals surface area contributed by atoms with Gasteiger partial charge >= 0.3 is 5.97 Å². The lowest BCUT2D eigenvalue weighted by Crippen LogP contribution is -2.39. The minimum Gasteiger partial charge on any atom is -0.481 e. The van der Waals surface area contributed by atoms with E-state index in [1.807, 2.05) is 6.92 Å². The molecule has 0 radical (unpaired) electrons. The maximum absolute atomic E-state index is 10.7. The lowest BCUT2D eigenvalue weighted by Gasteiger charge is -2.31. The molecule has 1 aliphatic carbocycles. The predicted octanol–water partition coefficient (Wildman–Crippen LogP) is 1.61. The first-order valence-electron chi connectivity index (χ1n) is 4.94. The van der Waals surface area contributed by atoms with Gasteiger partial charge in [-0.05, 0) is 31.1 Å². The van der Waals surface area contributed by atoms with Crippen LogP contribution in [-0.2, 0) is 4.79 Å². The summed E-state index contributed by atoms with van der Waals surface area (Å²) in [6.07, 6.45) is 3.29. The molecule has 0 heterocycles. The van der Waals surface area contributed by atoms with Gasteiger partial charge in [0.05, 0.1) is 6.42 Å². The third-order valence-corrected chi connectivity index (χ3v) is 3.36. The van der Waals surface area contributed by atoms with Crippen LogP contribution in [0.1, 0.15) is 39.5 Å². The minimum absolute atomic E-state index is 0.00597. The van der Waals surface area contributed by atoms with Gasteiger partial charge in [0.25, 0.3) is 0 Å². The molecule has 0 saturated heterocycles. The fraction of sp³-hybridized carbons (Fsp3) is 0.900. The molecule has 3 atom stereocenters. The summed E-state index contributed by atoms with van der Waals surface area (Å²) >= 11 is 0. The van der Waals surface area contributed by atoms with Crippen molar-refractivity contribution in [3.63, 3.8) is 0 Å². The molecule has 0 amide bonds. The molecule has 0 spiro atoms. The molecule has 0 bridgehead atoms. The lowest BCUT2D eigenvalue weighted by atomic mass is 9.76. The van der Waals surface area contributed by atoms with Crippen LogP contribution in [-0.4, -0.2) is 17.1 Å². The number of carbonyl (C=O) groups is 1.